The van der Waals surface area contributed by atoms with Gasteiger partial charge in [0.2, 0.25) is 5.88 Å². The minimum Gasteiger partial charge on any atom is -0.460 e. The molecule has 3 aromatic heterocycles. The number of hydrogen-bond acceptors (Lipinski definition) is 4. The quantitative estimate of drug-likeness (QED) is 0.199. The average molecular weight is 679 g/mol. The average Bonchev–Trinajstić information content (AvgIpc) is 3.21. The summed E-state index contributed by atoms with van der Waals surface area (Å²) in [4.78, 5) is 8.95. The Kier molecular flexibility index (Phi) is 7.16. The molecule has 0 unspecified atom stereocenters. The molecule has 3 aromatic carbocycles. The number of fused-ring (bicyclic) bond motifs is 3. The van der Waals surface area contributed by atoms with Crippen LogP contribution in [0.3, 0.4) is 0 Å². The predicted octanol–water partition coefficient (Wildman–Crippen LogP) is 7.05. The zero-order valence-corrected chi connectivity index (χ0v) is 23.5. The first-order valence-electron chi connectivity index (χ1n) is 12.2. The smallest absolute Gasteiger partial charge is 0.460 e. The Hall–Kier alpha value is -3.79. The van der Waals surface area contributed by atoms with E-state index in [4.69, 9.17) is 4.74 Å². The molecule has 0 saturated heterocycles. The van der Waals surface area contributed by atoms with Crippen molar-refractivity contribution in [2.24, 2.45) is 0 Å². The van der Waals surface area contributed by atoms with E-state index in [0.717, 1.165) is 55.4 Å². The van der Waals surface area contributed by atoms with E-state index in [2.05, 4.69) is 70.0 Å². The molecule has 0 spiro atoms. The van der Waals surface area contributed by atoms with Crippen LogP contribution in [0.15, 0.2) is 79.1 Å². The van der Waals surface area contributed by atoms with Gasteiger partial charge < -0.3 is 14.4 Å². The molecule has 0 fully saturated rings. The Labute approximate surface area is 236 Å². The Morgan fingerprint density at radius 3 is 2.39 bits per heavy atom. The number of ether oxygens (including phenoxy) is 1. The van der Waals surface area contributed by atoms with Crippen molar-refractivity contribution in [3.05, 3.63) is 114 Å². The van der Waals surface area contributed by atoms with Gasteiger partial charge in [-0.1, -0.05) is 36.1 Å². The fraction of sp³-hybridized carbons (Fsp3) is 0.125. The molecule has 6 heteroatoms. The van der Waals surface area contributed by atoms with Crippen molar-refractivity contribution in [3.63, 3.8) is 0 Å². The molecule has 0 saturated carbocycles. The molecule has 6 aromatic rings. The van der Waals surface area contributed by atoms with Gasteiger partial charge in [0.1, 0.15) is 5.82 Å². The van der Waals surface area contributed by atoms with Gasteiger partial charge in [0.15, 0.2) is 0 Å². The standard InChI is InChI=1S/C32H25N3O2.Pt/c1-20-4-7-29-28(14-20)27-6-5-24(18-30(27)35(29)31-16-23(19-36)9-11-33-31)25-12-22(3)13-26(17-25)37-32-15-21(2)8-10-34-32;/h4-16,36H,19H2,1-3H3;/q-2;+2. The van der Waals surface area contributed by atoms with Gasteiger partial charge in [0.05, 0.1) is 6.61 Å². The summed E-state index contributed by atoms with van der Waals surface area (Å²) in [6.45, 7) is 6.10. The molecular formula is C32H25N3O2Pt. The van der Waals surface area contributed by atoms with E-state index in [0.29, 0.717) is 11.6 Å². The maximum Gasteiger partial charge on any atom is 2.00 e. The second-order valence-corrected chi connectivity index (χ2v) is 9.38. The van der Waals surface area contributed by atoms with E-state index in [9.17, 15) is 5.11 Å². The van der Waals surface area contributed by atoms with Gasteiger partial charge >= 0.3 is 21.1 Å². The molecule has 6 rings (SSSR count). The number of aliphatic hydroxyl groups excluding tert-OH is 1. The van der Waals surface area contributed by atoms with Gasteiger partial charge in [0, 0.05) is 29.7 Å². The Balaban J connectivity index is 0.00000294. The molecule has 38 heavy (non-hydrogen) atoms. The van der Waals surface area contributed by atoms with Crippen molar-refractivity contribution in [2.75, 3.05) is 0 Å². The number of pyridine rings is 2. The molecule has 5 nitrogen and oxygen atoms in total. The minimum atomic E-state index is -0.0441. The second kappa shape index (κ2) is 10.5. The van der Waals surface area contributed by atoms with Crippen LogP contribution in [0.2, 0.25) is 0 Å². The van der Waals surface area contributed by atoms with Gasteiger partial charge in [-0.15, -0.1) is 17.7 Å². The van der Waals surface area contributed by atoms with Crippen molar-refractivity contribution >= 4 is 21.8 Å². The SMILES string of the molecule is Cc1cc(Oc2cc(C)ccn2)[c-]c(-c2[c-]c3c(cc2)c2cc(C)ccc2n3-c2cc(CO)ccn2)c1.[Pt+2]. The third-order valence-corrected chi connectivity index (χ3v) is 6.44. The summed E-state index contributed by atoms with van der Waals surface area (Å²) in [6.07, 6.45) is 3.47. The van der Waals surface area contributed by atoms with E-state index in [1.165, 1.54) is 5.56 Å². The maximum absolute atomic E-state index is 9.72. The van der Waals surface area contributed by atoms with Crippen LogP contribution < -0.4 is 4.74 Å². The Morgan fingerprint density at radius 2 is 1.58 bits per heavy atom. The topological polar surface area (TPSA) is 60.2 Å². The Bertz CT molecular complexity index is 1790. The first kappa shape index (κ1) is 25.8. The third kappa shape index (κ3) is 4.88. The minimum absolute atomic E-state index is 0. The van der Waals surface area contributed by atoms with E-state index < -0.39 is 0 Å². The summed E-state index contributed by atoms with van der Waals surface area (Å²) in [5.74, 6) is 1.89. The summed E-state index contributed by atoms with van der Waals surface area (Å²) in [5.41, 5.74) is 7.87. The second-order valence-electron chi connectivity index (χ2n) is 9.38. The zero-order valence-electron chi connectivity index (χ0n) is 21.2. The van der Waals surface area contributed by atoms with Gasteiger partial charge in [-0.3, -0.25) is 0 Å². The normalized spacial score (nSPS) is 11.1. The van der Waals surface area contributed by atoms with Crippen LogP contribution in [-0.2, 0) is 27.7 Å². The first-order valence-corrected chi connectivity index (χ1v) is 12.2. The number of aliphatic hydroxyl groups is 1. The molecule has 0 radical (unpaired) electrons. The fourth-order valence-corrected chi connectivity index (χ4v) is 4.69. The summed E-state index contributed by atoms with van der Waals surface area (Å²) in [5, 5.41) is 11.9. The van der Waals surface area contributed by atoms with Crippen LogP contribution in [0.1, 0.15) is 22.3 Å². The van der Waals surface area contributed by atoms with Gasteiger partial charge in [-0.2, -0.15) is 18.2 Å². The number of nitrogens with zero attached hydrogens (tertiary/aromatic N) is 3. The van der Waals surface area contributed by atoms with Crippen molar-refractivity contribution in [1.82, 2.24) is 14.5 Å². The van der Waals surface area contributed by atoms with E-state index >= 15 is 0 Å². The largest absolute Gasteiger partial charge is 2.00 e. The number of aryl methyl sites for hydroxylation is 3. The molecule has 0 aliphatic rings. The number of rotatable bonds is 5. The van der Waals surface area contributed by atoms with Crippen molar-refractivity contribution in [2.45, 2.75) is 27.4 Å². The molecule has 0 atom stereocenters. The molecule has 0 aliphatic carbocycles. The number of hydrogen-bond donors (Lipinski definition) is 1. The molecule has 0 bridgehead atoms. The van der Waals surface area contributed by atoms with Crippen LogP contribution in [0.4, 0.5) is 0 Å². The number of benzene rings is 3. The summed E-state index contributed by atoms with van der Waals surface area (Å²) in [6, 6.07) is 29.3. The van der Waals surface area contributed by atoms with Gasteiger partial charge in [0.25, 0.3) is 0 Å². The zero-order chi connectivity index (χ0) is 25.5. The fourth-order valence-electron chi connectivity index (χ4n) is 4.69. The third-order valence-electron chi connectivity index (χ3n) is 6.44. The molecule has 3 heterocycles. The monoisotopic (exact) mass is 678 g/mol. The summed E-state index contributed by atoms with van der Waals surface area (Å²) in [7, 11) is 0. The van der Waals surface area contributed by atoms with Crippen molar-refractivity contribution in [3.8, 4) is 28.6 Å². The van der Waals surface area contributed by atoms with Crippen LogP contribution >= 0.6 is 0 Å². The van der Waals surface area contributed by atoms with E-state index in [-0.39, 0.29) is 27.7 Å². The van der Waals surface area contributed by atoms with Crippen LogP contribution in [0.5, 0.6) is 11.6 Å². The van der Waals surface area contributed by atoms with Crippen LogP contribution in [-0.4, -0.2) is 19.6 Å². The summed E-state index contributed by atoms with van der Waals surface area (Å²) >= 11 is 0. The van der Waals surface area contributed by atoms with E-state index in [1.54, 1.807) is 12.4 Å². The van der Waals surface area contributed by atoms with Crippen molar-refractivity contribution < 1.29 is 30.9 Å². The summed E-state index contributed by atoms with van der Waals surface area (Å²) < 4.78 is 8.16. The maximum atomic E-state index is 9.72. The number of aromatic nitrogens is 3. The van der Waals surface area contributed by atoms with Crippen molar-refractivity contribution in [1.29, 1.82) is 0 Å². The Morgan fingerprint density at radius 1 is 0.763 bits per heavy atom. The molecule has 190 valence electrons. The predicted molar refractivity (Wildman–Crippen MR) is 146 cm³/mol. The van der Waals surface area contributed by atoms with E-state index in [1.807, 2.05) is 44.2 Å². The van der Waals surface area contributed by atoms with Crippen LogP contribution in [0, 0.1) is 32.9 Å². The first-order chi connectivity index (χ1) is 18.0. The molecular weight excluding hydrogens is 653 g/mol. The molecule has 0 amide bonds. The van der Waals surface area contributed by atoms with Gasteiger partial charge in [-0.05, 0) is 60.1 Å². The van der Waals surface area contributed by atoms with Gasteiger partial charge in [-0.25, -0.2) is 21.1 Å². The molecule has 0 aliphatic heterocycles. The molecule has 1 N–H and O–H groups in total. The van der Waals surface area contributed by atoms with Crippen LogP contribution in [0.25, 0.3) is 38.8 Å².